The summed E-state index contributed by atoms with van der Waals surface area (Å²) in [5, 5.41) is 3.36. The van der Waals surface area contributed by atoms with Crippen LogP contribution in [-0.2, 0) is 0 Å². The van der Waals surface area contributed by atoms with Crippen LogP contribution in [0.15, 0.2) is 10.7 Å². The van der Waals surface area contributed by atoms with Crippen LogP contribution in [0.3, 0.4) is 0 Å². The molecule has 1 aliphatic heterocycles. The van der Waals surface area contributed by atoms with E-state index < -0.39 is 0 Å². The minimum Gasteiger partial charge on any atom is -0.397 e. The van der Waals surface area contributed by atoms with Crippen LogP contribution in [0, 0.1) is 6.92 Å². The summed E-state index contributed by atoms with van der Waals surface area (Å²) in [7, 11) is 0. The van der Waals surface area contributed by atoms with E-state index in [9.17, 15) is 0 Å². The normalized spacial score (nSPS) is 16.1. The van der Waals surface area contributed by atoms with Crippen molar-refractivity contribution < 1.29 is 0 Å². The molecule has 1 aromatic heterocycles. The Morgan fingerprint density at radius 2 is 2.17 bits per heavy atom. The van der Waals surface area contributed by atoms with Gasteiger partial charge in [-0.15, -0.1) is 0 Å². The predicted octanol–water partition coefficient (Wildman–Crippen LogP) is 2.63. The number of rotatable bonds is 5. The zero-order valence-corrected chi connectivity index (χ0v) is 12.5. The van der Waals surface area contributed by atoms with Gasteiger partial charge in [0.2, 0.25) is 0 Å². The predicted molar refractivity (Wildman–Crippen MR) is 79.9 cm³/mol. The van der Waals surface area contributed by atoms with Gasteiger partial charge in [-0.25, -0.2) is 4.98 Å². The molecule has 3 N–H and O–H groups in total. The third-order valence-electron chi connectivity index (χ3n) is 3.45. The lowest BCUT2D eigenvalue weighted by molar-refractivity contribution is 0.337. The van der Waals surface area contributed by atoms with Gasteiger partial charge in [0.1, 0.15) is 5.82 Å². The largest absolute Gasteiger partial charge is 0.397 e. The van der Waals surface area contributed by atoms with Crippen LogP contribution in [0.25, 0.3) is 0 Å². The average molecular weight is 313 g/mol. The third-order valence-corrected chi connectivity index (χ3v) is 4.42. The van der Waals surface area contributed by atoms with Gasteiger partial charge in [-0.1, -0.05) is 0 Å². The number of hydrogen-bond acceptors (Lipinski definition) is 4. The van der Waals surface area contributed by atoms with E-state index in [-0.39, 0.29) is 0 Å². The molecule has 18 heavy (non-hydrogen) atoms. The summed E-state index contributed by atoms with van der Waals surface area (Å²) in [4.78, 5) is 6.84. The van der Waals surface area contributed by atoms with Gasteiger partial charge in [0, 0.05) is 6.54 Å². The molecule has 0 atom stereocenters. The van der Waals surface area contributed by atoms with E-state index in [1.165, 1.54) is 32.5 Å². The number of nitrogens with one attached hydrogen (secondary N) is 1. The number of halogens is 1. The van der Waals surface area contributed by atoms with Gasteiger partial charge in [0.15, 0.2) is 0 Å². The fraction of sp³-hybridized carbons (Fsp3) is 0.615. The zero-order valence-electron chi connectivity index (χ0n) is 10.9. The van der Waals surface area contributed by atoms with Crippen molar-refractivity contribution in [2.45, 2.75) is 26.2 Å². The maximum atomic E-state index is 5.80. The fourth-order valence-electron chi connectivity index (χ4n) is 2.23. The van der Waals surface area contributed by atoms with Crippen LogP contribution in [0.2, 0.25) is 0 Å². The van der Waals surface area contributed by atoms with E-state index in [1.807, 2.05) is 6.92 Å². The summed E-state index contributed by atoms with van der Waals surface area (Å²) in [6, 6.07) is 0. The first-order valence-corrected chi connectivity index (χ1v) is 7.34. The van der Waals surface area contributed by atoms with Crippen LogP contribution in [0.1, 0.15) is 24.8 Å². The molecule has 0 bridgehead atoms. The van der Waals surface area contributed by atoms with E-state index in [4.69, 9.17) is 5.73 Å². The van der Waals surface area contributed by atoms with Gasteiger partial charge >= 0.3 is 0 Å². The van der Waals surface area contributed by atoms with Gasteiger partial charge in [-0.2, -0.15) is 0 Å². The van der Waals surface area contributed by atoms with Gasteiger partial charge in [-0.05, 0) is 67.3 Å². The lowest BCUT2D eigenvalue weighted by atomic mass is 10.2. The first kappa shape index (κ1) is 13.6. The van der Waals surface area contributed by atoms with Crippen molar-refractivity contribution in [3.63, 3.8) is 0 Å². The summed E-state index contributed by atoms with van der Waals surface area (Å²) >= 11 is 3.53. The minimum atomic E-state index is 0.726. The van der Waals surface area contributed by atoms with E-state index in [1.54, 1.807) is 6.20 Å². The summed E-state index contributed by atoms with van der Waals surface area (Å²) in [5.74, 6) is 0.892. The summed E-state index contributed by atoms with van der Waals surface area (Å²) in [5.41, 5.74) is 7.57. The van der Waals surface area contributed by atoms with Crippen LogP contribution in [-0.4, -0.2) is 36.1 Å². The first-order valence-electron chi connectivity index (χ1n) is 6.55. The van der Waals surface area contributed by atoms with Crippen molar-refractivity contribution in [3.8, 4) is 0 Å². The Balaban J connectivity index is 1.77. The van der Waals surface area contributed by atoms with Crippen LogP contribution < -0.4 is 11.1 Å². The molecular weight excluding hydrogens is 292 g/mol. The van der Waals surface area contributed by atoms with Crippen molar-refractivity contribution >= 4 is 27.4 Å². The third kappa shape index (κ3) is 3.36. The highest BCUT2D eigenvalue weighted by molar-refractivity contribution is 9.10. The zero-order chi connectivity index (χ0) is 13.0. The Labute approximate surface area is 117 Å². The van der Waals surface area contributed by atoms with E-state index in [0.29, 0.717) is 0 Å². The Kier molecular flexibility index (Phi) is 4.83. The second-order valence-electron chi connectivity index (χ2n) is 4.83. The average Bonchev–Trinajstić information content (AvgIpc) is 2.87. The van der Waals surface area contributed by atoms with Gasteiger partial charge in [-0.3, -0.25) is 0 Å². The summed E-state index contributed by atoms with van der Waals surface area (Å²) in [6.07, 6.45) is 5.58. The van der Waals surface area contributed by atoms with Gasteiger partial charge in [0.25, 0.3) is 0 Å². The molecule has 0 radical (unpaired) electrons. The Morgan fingerprint density at radius 3 is 2.89 bits per heavy atom. The van der Waals surface area contributed by atoms with Crippen LogP contribution in [0.4, 0.5) is 11.5 Å². The second kappa shape index (κ2) is 6.38. The maximum absolute atomic E-state index is 5.80. The molecule has 0 aromatic carbocycles. The monoisotopic (exact) mass is 312 g/mol. The molecule has 2 rings (SSSR count). The smallest absolute Gasteiger partial charge is 0.140 e. The highest BCUT2D eigenvalue weighted by Gasteiger charge is 2.11. The van der Waals surface area contributed by atoms with E-state index in [2.05, 4.69) is 31.1 Å². The molecule has 4 nitrogen and oxygen atoms in total. The van der Waals surface area contributed by atoms with Crippen molar-refractivity contribution in [1.82, 2.24) is 9.88 Å². The van der Waals surface area contributed by atoms with E-state index in [0.717, 1.165) is 34.5 Å². The number of anilines is 2. The molecular formula is C13H21BrN4. The Hall–Kier alpha value is -0.810. The Bertz CT molecular complexity index is 402. The van der Waals surface area contributed by atoms with Gasteiger partial charge in [0.05, 0.1) is 16.4 Å². The number of pyridine rings is 1. The number of likely N-dealkylation sites (tertiary alicyclic amines) is 1. The van der Waals surface area contributed by atoms with Crippen molar-refractivity contribution in [1.29, 1.82) is 0 Å². The Morgan fingerprint density at radius 1 is 1.44 bits per heavy atom. The number of hydrogen-bond donors (Lipinski definition) is 2. The highest BCUT2D eigenvalue weighted by Crippen LogP contribution is 2.27. The number of aromatic nitrogens is 1. The SMILES string of the molecule is Cc1c(N)cnc(NCCCN2CCCC2)c1Br. The maximum Gasteiger partial charge on any atom is 0.140 e. The molecule has 0 amide bonds. The van der Waals surface area contributed by atoms with Crippen molar-refractivity contribution in [3.05, 3.63) is 16.2 Å². The van der Waals surface area contributed by atoms with Crippen LogP contribution >= 0.6 is 15.9 Å². The first-order chi connectivity index (χ1) is 8.68. The molecule has 0 spiro atoms. The van der Waals surface area contributed by atoms with Gasteiger partial charge < -0.3 is 16.0 Å². The number of nitrogens with zero attached hydrogens (tertiary/aromatic N) is 2. The molecule has 0 aliphatic carbocycles. The van der Waals surface area contributed by atoms with E-state index >= 15 is 0 Å². The van der Waals surface area contributed by atoms with Crippen molar-refractivity contribution in [2.75, 3.05) is 37.2 Å². The number of nitrogens with two attached hydrogens (primary N) is 1. The highest BCUT2D eigenvalue weighted by atomic mass is 79.9. The second-order valence-corrected chi connectivity index (χ2v) is 5.62. The quantitative estimate of drug-likeness (QED) is 0.821. The molecule has 100 valence electrons. The fourth-order valence-corrected chi connectivity index (χ4v) is 2.70. The molecule has 5 heteroatoms. The molecule has 1 saturated heterocycles. The minimum absolute atomic E-state index is 0.726. The van der Waals surface area contributed by atoms with Crippen molar-refractivity contribution in [2.24, 2.45) is 0 Å². The summed E-state index contributed by atoms with van der Waals surface area (Å²) in [6.45, 7) is 6.66. The van der Waals surface area contributed by atoms with Crippen LogP contribution in [0.5, 0.6) is 0 Å². The molecule has 2 heterocycles. The lowest BCUT2D eigenvalue weighted by Crippen LogP contribution is -2.22. The molecule has 1 aromatic rings. The standard InChI is InChI=1S/C13H21BrN4/c1-10-11(15)9-17-13(12(10)14)16-5-4-8-18-6-2-3-7-18/h9H,2-8,15H2,1H3,(H,16,17). The molecule has 0 saturated carbocycles. The lowest BCUT2D eigenvalue weighted by Gasteiger charge is -2.15. The topological polar surface area (TPSA) is 54.2 Å². The molecule has 1 fully saturated rings. The molecule has 1 aliphatic rings. The molecule has 0 unspecified atom stereocenters. The number of nitrogen functional groups attached to an aromatic ring is 1. The summed E-state index contributed by atoms with van der Waals surface area (Å²) < 4.78 is 0.976.